The second-order valence-electron chi connectivity index (χ2n) is 7.48. The third kappa shape index (κ3) is 3.36. The van der Waals surface area contributed by atoms with Crippen molar-refractivity contribution in [2.45, 2.75) is 24.8 Å². The molecule has 1 aliphatic heterocycles. The van der Waals surface area contributed by atoms with Crippen LogP contribution in [-0.2, 0) is 10.3 Å². The van der Waals surface area contributed by atoms with E-state index in [1.807, 2.05) is 35.4 Å². The first-order chi connectivity index (χ1) is 13.1. The number of hydrogen-bond donors (Lipinski definition) is 1. The van der Waals surface area contributed by atoms with Crippen molar-refractivity contribution in [1.29, 1.82) is 5.26 Å². The molecular formula is C20H22N6O. The molecule has 3 aromatic heterocycles. The molecule has 1 aliphatic carbocycles. The van der Waals surface area contributed by atoms with Gasteiger partial charge in [0.25, 0.3) is 0 Å². The van der Waals surface area contributed by atoms with Gasteiger partial charge < -0.3 is 14.7 Å². The Morgan fingerprint density at radius 2 is 2.22 bits per heavy atom. The van der Waals surface area contributed by atoms with Crippen LogP contribution in [0.15, 0.2) is 36.9 Å². The zero-order chi connectivity index (χ0) is 18.9. The molecule has 0 radical (unpaired) electrons. The predicted molar refractivity (Wildman–Crippen MR) is 102 cm³/mol. The van der Waals surface area contributed by atoms with Crippen LogP contribution < -0.4 is 0 Å². The van der Waals surface area contributed by atoms with Crippen LogP contribution in [0.5, 0.6) is 0 Å². The van der Waals surface area contributed by atoms with E-state index in [-0.39, 0.29) is 5.54 Å². The van der Waals surface area contributed by atoms with Gasteiger partial charge in [0, 0.05) is 48.5 Å². The molecule has 0 spiro atoms. The molecule has 3 aromatic rings. The minimum atomic E-state index is -0.188. The third-order valence-corrected chi connectivity index (χ3v) is 5.19. The Bertz CT molecular complexity index is 987. The Morgan fingerprint density at radius 3 is 2.85 bits per heavy atom. The van der Waals surface area contributed by atoms with Crippen molar-refractivity contribution in [2.24, 2.45) is 5.92 Å². The van der Waals surface area contributed by atoms with Crippen molar-refractivity contribution in [3.8, 4) is 17.2 Å². The maximum absolute atomic E-state index is 9.57. The summed E-state index contributed by atoms with van der Waals surface area (Å²) in [4.78, 5) is 19.2. The molecule has 1 N–H and O–H groups in total. The average molecular weight is 362 g/mol. The van der Waals surface area contributed by atoms with Gasteiger partial charge in [-0.15, -0.1) is 0 Å². The number of carbonyl (C=O) groups excluding carboxylic acids is 1. The molecule has 1 saturated heterocycles. The number of aromatic nitrogens is 4. The fourth-order valence-corrected chi connectivity index (χ4v) is 3.61. The monoisotopic (exact) mass is 362 g/mol. The molecule has 7 nitrogen and oxygen atoms in total. The number of fused-ring (bicyclic) bond motifs is 1. The summed E-state index contributed by atoms with van der Waals surface area (Å²) in [5, 5.41) is 14.8. The zero-order valence-electron chi connectivity index (χ0n) is 15.3. The van der Waals surface area contributed by atoms with Gasteiger partial charge in [0.1, 0.15) is 17.5 Å². The van der Waals surface area contributed by atoms with Crippen molar-refractivity contribution in [2.75, 3.05) is 20.1 Å². The fourth-order valence-electron chi connectivity index (χ4n) is 3.61. The van der Waals surface area contributed by atoms with E-state index in [0.29, 0.717) is 12.3 Å². The summed E-state index contributed by atoms with van der Waals surface area (Å²) >= 11 is 0. The normalized spacial score (nSPS) is 18.2. The maximum atomic E-state index is 9.57. The number of likely N-dealkylation sites (N-methyl/N-ethyl adjacent to an activating group) is 1. The van der Waals surface area contributed by atoms with Crippen LogP contribution in [0.2, 0.25) is 0 Å². The van der Waals surface area contributed by atoms with Crippen LogP contribution in [0.25, 0.3) is 22.2 Å². The SMILES string of the molecule is CN1CC(CC#N)(n2cc(-c3ccnc4[nH]ccc34)cn2)C1.O=CC1CC1. The summed E-state index contributed by atoms with van der Waals surface area (Å²) in [6, 6.07) is 6.33. The lowest BCUT2D eigenvalue weighted by Gasteiger charge is -2.47. The molecule has 2 fully saturated rings. The number of rotatable bonds is 4. The fraction of sp³-hybridized carbons (Fsp3) is 0.400. The lowest BCUT2D eigenvalue weighted by Crippen LogP contribution is -2.61. The second-order valence-corrected chi connectivity index (χ2v) is 7.48. The van der Waals surface area contributed by atoms with Gasteiger partial charge in [-0.1, -0.05) is 0 Å². The number of nitrogens with one attached hydrogen (secondary N) is 1. The van der Waals surface area contributed by atoms with Crippen LogP contribution in [0, 0.1) is 17.2 Å². The molecule has 7 heteroatoms. The average Bonchev–Trinajstić information content (AvgIpc) is 3.16. The number of nitriles is 1. The topological polar surface area (TPSA) is 90.6 Å². The number of aromatic amines is 1. The second kappa shape index (κ2) is 6.97. The van der Waals surface area contributed by atoms with E-state index in [1.165, 1.54) is 0 Å². The summed E-state index contributed by atoms with van der Waals surface area (Å²) in [5.74, 6) is 0.454. The minimum absolute atomic E-state index is 0.188. The Labute approximate surface area is 157 Å². The highest BCUT2D eigenvalue weighted by Crippen LogP contribution is 2.33. The molecule has 0 unspecified atom stereocenters. The van der Waals surface area contributed by atoms with Gasteiger partial charge in [0.2, 0.25) is 0 Å². The number of carbonyl (C=O) groups is 1. The van der Waals surface area contributed by atoms with Crippen LogP contribution >= 0.6 is 0 Å². The summed E-state index contributed by atoms with van der Waals surface area (Å²) in [6.45, 7) is 1.72. The first-order valence-electron chi connectivity index (χ1n) is 9.13. The number of H-pyrrole nitrogens is 1. The highest BCUT2D eigenvalue weighted by Gasteiger charge is 2.43. The lowest BCUT2D eigenvalue weighted by molar-refractivity contribution is -0.108. The van der Waals surface area contributed by atoms with E-state index < -0.39 is 0 Å². The molecule has 0 atom stereocenters. The quantitative estimate of drug-likeness (QED) is 0.721. The van der Waals surface area contributed by atoms with Crippen LogP contribution in [0.1, 0.15) is 19.3 Å². The van der Waals surface area contributed by atoms with Gasteiger partial charge in [0.05, 0.1) is 18.7 Å². The molecule has 138 valence electrons. The van der Waals surface area contributed by atoms with Crippen LogP contribution in [0.3, 0.4) is 0 Å². The molecule has 5 rings (SSSR count). The van der Waals surface area contributed by atoms with Gasteiger partial charge in [-0.2, -0.15) is 10.4 Å². The van der Waals surface area contributed by atoms with Crippen molar-refractivity contribution >= 4 is 17.3 Å². The molecule has 0 aromatic carbocycles. The summed E-state index contributed by atoms with van der Waals surface area (Å²) in [6.07, 6.45) is 11.4. The molecular weight excluding hydrogens is 340 g/mol. The standard InChI is InChI=1S/C16H16N6.C4H6O/c1-21-10-16(11-21,4-5-17)22-9-12(8-20-22)13-2-6-18-15-14(13)3-7-19-15;5-3-4-1-2-4/h2-3,6-9H,4,10-11H2,1H3,(H,18,19);3-4H,1-2H2. The first-order valence-corrected chi connectivity index (χ1v) is 9.13. The Morgan fingerprint density at radius 1 is 1.41 bits per heavy atom. The molecule has 0 bridgehead atoms. The first kappa shape index (κ1) is 17.4. The Hall–Kier alpha value is -2.98. The molecule has 27 heavy (non-hydrogen) atoms. The Balaban J connectivity index is 0.000000314. The van der Waals surface area contributed by atoms with Crippen molar-refractivity contribution in [3.05, 3.63) is 36.9 Å². The van der Waals surface area contributed by atoms with Crippen LogP contribution in [-0.4, -0.2) is 51.1 Å². The summed E-state index contributed by atoms with van der Waals surface area (Å²) < 4.78 is 1.96. The van der Waals surface area contributed by atoms with Gasteiger partial charge >= 0.3 is 0 Å². The van der Waals surface area contributed by atoms with Gasteiger partial charge in [0.15, 0.2) is 0 Å². The lowest BCUT2D eigenvalue weighted by atomic mass is 9.87. The number of aldehydes is 1. The largest absolute Gasteiger partial charge is 0.346 e. The Kier molecular flexibility index (Phi) is 4.50. The third-order valence-electron chi connectivity index (χ3n) is 5.19. The summed E-state index contributed by atoms with van der Waals surface area (Å²) in [7, 11) is 2.06. The smallest absolute Gasteiger partial charge is 0.137 e. The molecule has 2 aliphatic rings. The number of hydrogen-bond acceptors (Lipinski definition) is 5. The molecule has 4 heterocycles. The van der Waals surface area contributed by atoms with Gasteiger partial charge in [-0.3, -0.25) is 4.68 Å². The van der Waals surface area contributed by atoms with E-state index in [9.17, 15) is 4.79 Å². The van der Waals surface area contributed by atoms with E-state index in [2.05, 4.69) is 33.1 Å². The number of pyridine rings is 1. The molecule has 1 saturated carbocycles. The number of nitrogens with zero attached hydrogens (tertiary/aromatic N) is 5. The minimum Gasteiger partial charge on any atom is -0.346 e. The highest BCUT2D eigenvalue weighted by atomic mass is 16.1. The molecule has 0 amide bonds. The summed E-state index contributed by atoms with van der Waals surface area (Å²) in [5.41, 5.74) is 2.85. The van der Waals surface area contributed by atoms with Gasteiger partial charge in [-0.25, -0.2) is 4.98 Å². The predicted octanol–water partition coefficient (Wildman–Crippen LogP) is 2.58. The van der Waals surface area contributed by atoms with E-state index in [1.54, 1.807) is 6.20 Å². The van der Waals surface area contributed by atoms with E-state index in [0.717, 1.165) is 54.4 Å². The number of likely N-dealkylation sites (tertiary alicyclic amines) is 1. The van der Waals surface area contributed by atoms with Gasteiger partial charge in [-0.05, 0) is 37.6 Å². The zero-order valence-corrected chi connectivity index (χ0v) is 15.3. The van der Waals surface area contributed by atoms with Crippen molar-refractivity contribution in [3.63, 3.8) is 0 Å². The van der Waals surface area contributed by atoms with E-state index >= 15 is 0 Å². The van der Waals surface area contributed by atoms with E-state index in [4.69, 9.17) is 5.26 Å². The van der Waals surface area contributed by atoms with Crippen molar-refractivity contribution in [1.82, 2.24) is 24.6 Å². The maximum Gasteiger partial charge on any atom is 0.137 e. The highest BCUT2D eigenvalue weighted by molar-refractivity contribution is 5.92. The van der Waals surface area contributed by atoms with Crippen LogP contribution in [0.4, 0.5) is 0 Å². The van der Waals surface area contributed by atoms with Crippen molar-refractivity contribution < 1.29 is 4.79 Å².